The molecule has 0 fully saturated rings. The maximum Gasteiger partial charge on any atom is 0.416 e. The lowest BCUT2D eigenvalue weighted by Gasteiger charge is -2.17. The van der Waals surface area contributed by atoms with Crippen molar-refractivity contribution in [1.82, 2.24) is 0 Å². The van der Waals surface area contributed by atoms with Gasteiger partial charge in [-0.05, 0) is 60.9 Å². The van der Waals surface area contributed by atoms with Crippen LogP contribution in [0.3, 0.4) is 0 Å². The normalized spacial score (nSPS) is 11.7. The highest BCUT2D eigenvalue weighted by molar-refractivity contribution is 7.92. The number of carboxylic acid groups (broad SMARTS) is 1. The van der Waals surface area contributed by atoms with E-state index in [4.69, 9.17) is 9.84 Å². The molecule has 3 aromatic carbocycles. The average molecular weight is 506 g/mol. The number of halogens is 3. The summed E-state index contributed by atoms with van der Waals surface area (Å²) < 4.78 is 74.1. The number of nitrogens with one attached hydrogen (secondary N) is 1. The van der Waals surface area contributed by atoms with Crippen LogP contribution in [0, 0.1) is 0 Å². The predicted octanol–water partition coefficient (Wildman–Crippen LogP) is 5.90. The third-order valence-electron chi connectivity index (χ3n) is 4.90. The van der Waals surface area contributed by atoms with Crippen molar-refractivity contribution in [1.29, 1.82) is 0 Å². The zero-order valence-electron chi connectivity index (χ0n) is 18.6. The molecule has 0 atom stereocenters. The second-order valence-electron chi connectivity index (χ2n) is 7.85. The molecule has 0 aliphatic rings. The quantitative estimate of drug-likeness (QED) is 0.353. The van der Waals surface area contributed by atoms with Gasteiger partial charge in [0.15, 0.2) is 0 Å². The summed E-state index contributed by atoms with van der Waals surface area (Å²) in [5.41, 5.74) is 0.549. The summed E-state index contributed by atoms with van der Waals surface area (Å²) >= 11 is 0. The van der Waals surface area contributed by atoms with Crippen molar-refractivity contribution in [3.8, 4) is 5.75 Å². The molecule has 35 heavy (non-hydrogen) atoms. The number of sulfonamides is 1. The first kappa shape index (κ1) is 25.8. The maximum absolute atomic E-state index is 13.3. The fourth-order valence-electron chi connectivity index (χ4n) is 3.24. The maximum atomic E-state index is 13.3. The lowest BCUT2D eigenvalue weighted by molar-refractivity contribution is -0.137. The smallest absolute Gasteiger partial charge is 0.416 e. The highest BCUT2D eigenvalue weighted by Crippen LogP contribution is 2.36. The Labute approximate surface area is 200 Å². The van der Waals surface area contributed by atoms with Crippen LogP contribution in [0.2, 0.25) is 0 Å². The van der Waals surface area contributed by atoms with Crippen LogP contribution < -0.4 is 9.46 Å². The Morgan fingerprint density at radius 1 is 1.06 bits per heavy atom. The molecular weight excluding hydrogens is 483 g/mol. The Bertz CT molecular complexity index is 1350. The fraction of sp³-hybridized carbons (Fsp3) is 0.160. The monoisotopic (exact) mass is 505 g/mol. The van der Waals surface area contributed by atoms with Gasteiger partial charge in [0.05, 0.1) is 21.7 Å². The SMILES string of the molecule is C=C(C)Cc1ccccc1S(=O)(=O)Nc1ccc(C(F)(F)F)cc1OCc1ccc(C(=O)O)cc1. The highest BCUT2D eigenvalue weighted by Gasteiger charge is 2.32. The van der Waals surface area contributed by atoms with Crippen LogP contribution in [-0.2, 0) is 29.2 Å². The van der Waals surface area contributed by atoms with Crippen LogP contribution in [0.5, 0.6) is 5.75 Å². The van der Waals surface area contributed by atoms with Crippen LogP contribution >= 0.6 is 0 Å². The Balaban J connectivity index is 1.94. The Morgan fingerprint density at radius 2 is 1.71 bits per heavy atom. The van der Waals surface area contributed by atoms with Gasteiger partial charge in [0.25, 0.3) is 10.0 Å². The van der Waals surface area contributed by atoms with E-state index in [1.54, 1.807) is 25.1 Å². The molecule has 6 nitrogen and oxygen atoms in total. The minimum Gasteiger partial charge on any atom is -0.487 e. The third kappa shape index (κ3) is 6.63. The van der Waals surface area contributed by atoms with E-state index in [1.165, 1.54) is 30.3 Å². The molecule has 0 spiro atoms. The summed E-state index contributed by atoms with van der Waals surface area (Å²) in [6, 6.07) is 14.3. The van der Waals surface area contributed by atoms with Gasteiger partial charge in [0.1, 0.15) is 12.4 Å². The van der Waals surface area contributed by atoms with Gasteiger partial charge in [-0.1, -0.05) is 42.5 Å². The number of anilines is 1. The number of rotatable bonds is 9. The second-order valence-corrected chi connectivity index (χ2v) is 9.50. The lowest BCUT2D eigenvalue weighted by Crippen LogP contribution is -2.16. The van der Waals surface area contributed by atoms with Crippen LogP contribution in [0.25, 0.3) is 0 Å². The zero-order chi connectivity index (χ0) is 25.8. The third-order valence-corrected chi connectivity index (χ3v) is 6.37. The van der Waals surface area contributed by atoms with Crippen LogP contribution in [0.4, 0.5) is 18.9 Å². The van der Waals surface area contributed by atoms with Crippen molar-refractivity contribution in [2.75, 3.05) is 4.72 Å². The molecule has 10 heteroatoms. The molecule has 0 saturated carbocycles. The fourth-order valence-corrected chi connectivity index (χ4v) is 4.56. The minimum atomic E-state index is -4.67. The van der Waals surface area contributed by atoms with Gasteiger partial charge < -0.3 is 9.84 Å². The summed E-state index contributed by atoms with van der Waals surface area (Å²) in [4.78, 5) is 11.0. The van der Waals surface area contributed by atoms with Crippen molar-refractivity contribution in [3.63, 3.8) is 0 Å². The van der Waals surface area contributed by atoms with E-state index in [9.17, 15) is 26.4 Å². The second kappa shape index (κ2) is 10.2. The van der Waals surface area contributed by atoms with Crippen LogP contribution in [0.1, 0.15) is 34.0 Å². The van der Waals surface area contributed by atoms with Gasteiger partial charge in [0, 0.05) is 0 Å². The molecule has 0 bridgehead atoms. The van der Waals surface area contributed by atoms with E-state index in [0.717, 1.165) is 17.7 Å². The molecule has 0 saturated heterocycles. The molecule has 0 radical (unpaired) electrons. The Kier molecular flexibility index (Phi) is 7.54. The molecule has 0 unspecified atom stereocenters. The number of ether oxygens (including phenoxy) is 1. The summed E-state index contributed by atoms with van der Waals surface area (Å²) in [6.45, 7) is 5.33. The van der Waals surface area contributed by atoms with Crippen LogP contribution in [-0.4, -0.2) is 19.5 Å². The number of alkyl halides is 3. The van der Waals surface area contributed by atoms with Gasteiger partial charge in [-0.25, -0.2) is 13.2 Å². The van der Waals surface area contributed by atoms with Crippen molar-refractivity contribution >= 4 is 21.7 Å². The standard InChI is InChI=1S/C25H22F3NO5S/c1-16(2)13-19-5-3-4-6-23(19)35(32,33)29-21-12-11-20(25(26,27)28)14-22(21)34-15-17-7-9-18(10-8-17)24(30)31/h3-12,14,29H,1,13,15H2,2H3,(H,30,31). The highest BCUT2D eigenvalue weighted by atomic mass is 32.2. The number of carboxylic acids is 1. The zero-order valence-corrected chi connectivity index (χ0v) is 19.4. The molecular formula is C25H22F3NO5S. The van der Waals surface area contributed by atoms with Crippen molar-refractivity contribution in [2.24, 2.45) is 0 Å². The summed E-state index contributed by atoms with van der Waals surface area (Å²) in [5, 5.41) is 8.99. The van der Waals surface area contributed by atoms with E-state index in [-0.39, 0.29) is 28.5 Å². The molecule has 0 heterocycles. The Hall–Kier alpha value is -3.79. The molecule has 3 rings (SSSR count). The largest absolute Gasteiger partial charge is 0.487 e. The van der Waals surface area contributed by atoms with E-state index >= 15 is 0 Å². The van der Waals surface area contributed by atoms with E-state index in [0.29, 0.717) is 23.6 Å². The summed E-state index contributed by atoms with van der Waals surface area (Å²) in [5.74, 6) is -1.46. The van der Waals surface area contributed by atoms with Crippen LogP contribution in [0.15, 0.2) is 83.8 Å². The average Bonchev–Trinajstić information content (AvgIpc) is 2.77. The first-order valence-corrected chi connectivity index (χ1v) is 11.8. The van der Waals surface area contributed by atoms with E-state index < -0.39 is 27.7 Å². The van der Waals surface area contributed by atoms with Crippen molar-refractivity contribution in [2.45, 2.75) is 31.0 Å². The summed E-state index contributed by atoms with van der Waals surface area (Å²) in [7, 11) is -4.18. The van der Waals surface area contributed by atoms with Crippen molar-refractivity contribution in [3.05, 3.63) is 101 Å². The number of hydrogen-bond donors (Lipinski definition) is 2. The van der Waals surface area contributed by atoms with E-state index in [1.807, 2.05) is 0 Å². The summed E-state index contributed by atoms with van der Waals surface area (Å²) in [6.07, 6.45) is -4.37. The number of hydrogen-bond acceptors (Lipinski definition) is 4. The number of aromatic carboxylic acids is 1. The van der Waals surface area contributed by atoms with E-state index in [2.05, 4.69) is 11.3 Å². The number of allylic oxidation sites excluding steroid dienone is 1. The topological polar surface area (TPSA) is 92.7 Å². The molecule has 2 N–H and O–H groups in total. The molecule has 3 aromatic rings. The molecule has 0 aromatic heterocycles. The number of carbonyl (C=O) groups is 1. The van der Waals surface area contributed by atoms with Gasteiger partial charge in [-0.2, -0.15) is 13.2 Å². The molecule has 184 valence electrons. The first-order chi connectivity index (χ1) is 16.4. The first-order valence-electron chi connectivity index (χ1n) is 10.3. The lowest BCUT2D eigenvalue weighted by atomic mass is 10.1. The Morgan fingerprint density at radius 3 is 2.31 bits per heavy atom. The minimum absolute atomic E-state index is 0.0295. The molecule has 0 aliphatic carbocycles. The van der Waals surface area contributed by atoms with Gasteiger partial charge >= 0.3 is 12.1 Å². The van der Waals surface area contributed by atoms with Crippen molar-refractivity contribution < 1.29 is 36.2 Å². The van der Waals surface area contributed by atoms with Gasteiger partial charge in [-0.15, -0.1) is 0 Å². The molecule has 0 aliphatic heterocycles. The predicted molar refractivity (Wildman–Crippen MR) is 125 cm³/mol. The van der Waals surface area contributed by atoms with Gasteiger partial charge in [0.2, 0.25) is 0 Å². The molecule has 0 amide bonds. The number of benzene rings is 3. The van der Waals surface area contributed by atoms with Gasteiger partial charge in [-0.3, -0.25) is 4.72 Å².